The van der Waals surface area contributed by atoms with Crippen LogP contribution in [0.1, 0.15) is 19.4 Å². The lowest BCUT2D eigenvalue weighted by molar-refractivity contribution is 0.393. The van der Waals surface area contributed by atoms with Crippen molar-refractivity contribution in [3.05, 3.63) is 11.9 Å². The molecule has 0 aromatic carbocycles. The quantitative estimate of drug-likeness (QED) is 0.773. The van der Waals surface area contributed by atoms with E-state index in [0.717, 1.165) is 11.4 Å². The summed E-state index contributed by atoms with van der Waals surface area (Å²) in [6.07, 6.45) is 1.47. The lowest BCUT2D eigenvalue weighted by Crippen LogP contribution is -2.39. The van der Waals surface area contributed by atoms with Crippen molar-refractivity contribution in [1.29, 1.82) is 0 Å². The number of nitrogens with one attached hydrogen (secondary N) is 1. The van der Waals surface area contributed by atoms with E-state index >= 15 is 0 Å². The van der Waals surface area contributed by atoms with Crippen LogP contribution in [0.2, 0.25) is 0 Å². The van der Waals surface area contributed by atoms with Gasteiger partial charge in [-0.15, -0.1) is 0 Å². The van der Waals surface area contributed by atoms with Crippen molar-refractivity contribution in [3.63, 3.8) is 0 Å². The minimum atomic E-state index is -0.190. The number of ether oxygens (including phenoxy) is 1. The Balaban J connectivity index is 2.95. The van der Waals surface area contributed by atoms with Gasteiger partial charge in [-0.2, -0.15) is 0 Å². The van der Waals surface area contributed by atoms with Crippen LogP contribution in [0.5, 0.6) is 5.88 Å². The Morgan fingerprint density at radius 2 is 2.13 bits per heavy atom. The first-order chi connectivity index (χ1) is 7.00. The molecule has 0 atom stereocenters. The van der Waals surface area contributed by atoms with Gasteiger partial charge in [0.25, 0.3) is 0 Å². The second-order valence-corrected chi connectivity index (χ2v) is 4.07. The normalized spacial score (nSPS) is 11.3. The van der Waals surface area contributed by atoms with Crippen LogP contribution in [-0.4, -0.2) is 29.2 Å². The van der Waals surface area contributed by atoms with Crippen LogP contribution >= 0.6 is 0 Å². The highest BCUT2D eigenvalue weighted by Crippen LogP contribution is 2.22. The van der Waals surface area contributed by atoms with Crippen LogP contribution < -0.4 is 15.8 Å². The number of hydrogen-bond donors (Lipinski definition) is 2. The predicted molar refractivity (Wildman–Crippen MR) is 60.1 cm³/mol. The summed E-state index contributed by atoms with van der Waals surface area (Å²) in [4.78, 5) is 8.17. The van der Waals surface area contributed by atoms with E-state index in [2.05, 4.69) is 15.3 Å². The van der Waals surface area contributed by atoms with Gasteiger partial charge in [0.05, 0.1) is 12.7 Å². The summed E-state index contributed by atoms with van der Waals surface area (Å²) < 4.78 is 5.11. The molecule has 0 aliphatic carbocycles. The maximum atomic E-state index is 5.64. The largest absolute Gasteiger partial charge is 0.481 e. The Labute approximate surface area is 90.1 Å². The van der Waals surface area contributed by atoms with Gasteiger partial charge < -0.3 is 15.8 Å². The maximum Gasteiger partial charge on any atom is 0.221 e. The summed E-state index contributed by atoms with van der Waals surface area (Å²) in [6.45, 7) is 6.47. The smallest absolute Gasteiger partial charge is 0.221 e. The van der Waals surface area contributed by atoms with Gasteiger partial charge in [-0.05, 0) is 20.8 Å². The van der Waals surface area contributed by atoms with Crippen LogP contribution in [0.3, 0.4) is 0 Å². The van der Waals surface area contributed by atoms with Gasteiger partial charge in [0.1, 0.15) is 12.1 Å². The van der Waals surface area contributed by atoms with E-state index in [1.54, 1.807) is 7.11 Å². The average Bonchev–Trinajstić information content (AvgIpc) is 2.21. The molecule has 0 saturated carbocycles. The minimum Gasteiger partial charge on any atom is -0.481 e. The van der Waals surface area contributed by atoms with Crippen LogP contribution in [0.25, 0.3) is 0 Å². The number of aromatic nitrogens is 2. The van der Waals surface area contributed by atoms with E-state index in [9.17, 15) is 0 Å². The number of nitrogens with zero attached hydrogens (tertiary/aromatic N) is 2. The molecule has 0 amide bonds. The van der Waals surface area contributed by atoms with Crippen LogP contribution in [0, 0.1) is 6.92 Å². The monoisotopic (exact) mass is 210 g/mol. The van der Waals surface area contributed by atoms with E-state index < -0.39 is 0 Å². The van der Waals surface area contributed by atoms with Gasteiger partial charge in [-0.25, -0.2) is 9.97 Å². The molecular weight excluding hydrogens is 192 g/mol. The highest BCUT2D eigenvalue weighted by atomic mass is 16.5. The molecule has 1 aromatic rings. The third-order valence-electron chi connectivity index (χ3n) is 2.20. The van der Waals surface area contributed by atoms with Crippen LogP contribution in [0.4, 0.5) is 5.82 Å². The Morgan fingerprint density at radius 1 is 1.47 bits per heavy atom. The zero-order valence-electron chi connectivity index (χ0n) is 9.66. The van der Waals surface area contributed by atoms with Crippen molar-refractivity contribution in [1.82, 2.24) is 9.97 Å². The van der Waals surface area contributed by atoms with E-state index in [4.69, 9.17) is 10.5 Å². The van der Waals surface area contributed by atoms with Crippen molar-refractivity contribution in [2.45, 2.75) is 26.3 Å². The molecule has 5 nitrogen and oxygen atoms in total. The summed E-state index contributed by atoms with van der Waals surface area (Å²) >= 11 is 0. The van der Waals surface area contributed by atoms with Gasteiger partial charge in [0, 0.05) is 12.1 Å². The lowest BCUT2D eigenvalue weighted by Gasteiger charge is -2.25. The molecule has 1 rings (SSSR count). The summed E-state index contributed by atoms with van der Waals surface area (Å²) in [5.74, 6) is 1.35. The molecule has 15 heavy (non-hydrogen) atoms. The predicted octanol–water partition coefficient (Wildman–Crippen LogP) is 0.943. The van der Waals surface area contributed by atoms with Gasteiger partial charge in [0.2, 0.25) is 5.88 Å². The molecule has 0 radical (unpaired) electrons. The lowest BCUT2D eigenvalue weighted by atomic mass is 10.1. The molecule has 0 spiro atoms. The fourth-order valence-corrected chi connectivity index (χ4v) is 1.14. The van der Waals surface area contributed by atoms with Gasteiger partial charge in [-0.3, -0.25) is 0 Å². The molecule has 0 unspecified atom stereocenters. The molecule has 3 N–H and O–H groups in total. The molecule has 1 heterocycles. The van der Waals surface area contributed by atoms with Gasteiger partial charge >= 0.3 is 0 Å². The number of anilines is 1. The third-order valence-corrected chi connectivity index (χ3v) is 2.20. The maximum absolute atomic E-state index is 5.64. The Bertz CT molecular complexity index is 338. The first-order valence-corrected chi connectivity index (χ1v) is 4.84. The van der Waals surface area contributed by atoms with Crippen molar-refractivity contribution < 1.29 is 4.74 Å². The summed E-state index contributed by atoms with van der Waals surface area (Å²) in [5.41, 5.74) is 6.34. The van der Waals surface area contributed by atoms with Gasteiger partial charge in [-0.1, -0.05) is 0 Å². The van der Waals surface area contributed by atoms with E-state index in [1.165, 1.54) is 6.33 Å². The Morgan fingerprint density at radius 3 is 2.67 bits per heavy atom. The molecule has 0 aliphatic heterocycles. The summed E-state index contributed by atoms with van der Waals surface area (Å²) in [5, 5.41) is 3.25. The molecule has 0 bridgehead atoms. The first-order valence-electron chi connectivity index (χ1n) is 4.84. The molecule has 0 saturated heterocycles. The summed E-state index contributed by atoms with van der Waals surface area (Å²) in [6, 6.07) is 0. The molecule has 5 heteroatoms. The Kier molecular flexibility index (Phi) is 3.47. The molecule has 84 valence electrons. The van der Waals surface area contributed by atoms with E-state index in [-0.39, 0.29) is 5.54 Å². The molecule has 1 aromatic heterocycles. The van der Waals surface area contributed by atoms with Crippen LogP contribution in [-0.2, 0) is 0 Å². The number of rotatable bonds is 4. The topological polar surface area (TPSA) is 73.1 Å². The molecule has 0 aliphatic rings. The summed E-state index contributed by atoms with van der Waals surface area (Å²) in [7, 11) is 1.59. The highest BCUT2D eigenvalue weighted by molar-refractivity contribution is 5.49. The molecular formula is C10H18N4O. The van der Waals surface area contributed by atoms with Crippen LogP contribution in [0.15, 0.2) is 6.33 Å². The number of hydrogen-bond acceptors (Lipinski definition) is 5. The SMILES string of the molecule is COc1ncnc(NC(C)(C)CN)c1C. The zero-order valence-corrected chi connectivity index (χ0v) is 9.66. The van der Waals surface area contributed by atoms with Crippen molar-refractivity contribution in [2.24, 2.45) is 5.73 Å². The van der Waals surface area contributed by atoms with E-state index in [0.29, 0.717) is 12.4 Å². The number of nitrogens with two attached hydrogens (primary N) is 1. The van der Waals surface area contributed by atoms with E-state index in [1.807, 2.05) is 20.8 Å². The van der Waals surface area contributed by atoms with Crippen molar-refractivity contribution in [2.75, 3.05) is 19.0 Å². The second kappa shape index (κ2) is 4.44. The fourth-order valence-electron chi connectivity index (χ4n) is 1.14. The second-order valence-electron chi connectivity index (χ2n) is 4.07. The minimum absolute atomic E-state index is 0.190. The fraction of sp³-hybridized carbons (Fsp3) is 0.600. The average molecular weight is 210 g/mol. The van der Waals surface area contributed by atoms with Crippen molar-refractivity contribution >= 4 is 5.82 Å². The van der Waals surface area contributed by atoms with Gasteiger partial charge in [0.15, 0.2) is 0 Å². The molecule has 0 fully saturated rings. The zero-order chi connectivity index (χ0) is 11.5. The third kappa shape index (κ3) is 2.79. The Hall–Kier alpha value is -1.36. The number of methoxy groups -OCH3 is 1. The van der Waals surface area contributed by atoms with Crippen molar-refractivity contribution in [3.8, 4) is 5.88 Å². The highest BCUT2D eigenvalue weighted by Gasteiger charge is 2.18. The first kappa shape index (κ1) is 11.7. The standard InChI is InChI=1S/C10H18N4O/c1-7-8(14-10(2,3)5-11)12-6-13-9(7)15-4/h6H,5,11H2,1-4H3,(H,12,13,14).